The number of hydrogen-bond donors (Lipinski definition) is 4. The summed E-state index contributed by atoms with van der Waals surface area (Å²) in [6.45, 7) is 0. The van der Waals surface area contributed by atoms with Gasteiger partial charge in [-0.25, -0.2) is 4.79 Å². The summed E-state index contributed by atoms with van der Waals surface area (Å²) < 4.78 is 5.01. The van der Waals surface area contributed by atoms with E-state index in [1.165, 1.54) is 0 Å². The molecule has 4 N–H and O–H groups in total. The Balaban J connectivity index is 2.32. The number of rotatable bonds is 1. The number of nitrogens with one attached hydrogen (secondary N) is 1. The van der Waals surface area contributed by atoms with Gasteiger partial charge in [-0.1, -0.05) is 15.9 Å². The molecule has 0 radical (unpaired) electrons. The molecule has 2 aliphatic rings. The normalized spacial score (nSPS) is 49.5. The van der Waals surface area contributed by atoms with Crippen LogP contribution in [0.4, 0.5) is 4.79 Å². The van der Waals surface area contributed by atoms with Crippen LogP contribution >= 0.6 is 15.9 Å². The highest BCUT2D eigenvalue weighted by Gasteiger charge is 2.57. The first kappa shape index (κ1) is 11.1. The largest absolute Gasteiger partial charge is 0.439 e. The Bertz CT molecular complexity index is 288. The fraction of sp³-hybridized carbons (Fsp3) is 0.875. The molecule has 15 heavy (non-hydrogen) atoms. The average molecular weight is 282 g/mol. The van der Waals surface area contributed by atoms with E-state index in [1.54, 1.807) is 0 Å². The van der Waals surface area contributed by atoms with Crippen LogP contribution in [0.3, 0.4) is 0 Å². The van der Waals surface area contributed by atoms with Gasteiger partial charge in [0.2, 0.25) is 0 Å². The lowest BCUT2D eigenvalue weighted by molar-refractivity contribution is -0.198. The molecule has 2 fully saturated rings. The Labute approximate surface area is 94.4 Å². The molecule has 5 atom stereocenters. The number of aliphatic hydroxyl groups excluding tert-OH is 3. The topological polar surface area (TPSA) is 99.0 Å². The molecule has 1 amide bonds. The molecule has 6 nitrogen and oxygen atoms in total. The molecule has 1 aliphatic carbocycles. The minimum absolute atomic E-state index is 0.217. The highest BCUT2D eigenvalue weighted by molar-refractivity contribution is 9.09. The lowest BCUT2D eigenvalue weighted by atomic mass is 9.76. The predicted molar refractivity (Wildman–Crippen MR) is 52.6 cm³/mol. The zero-order chi connectivity index (χ0) is 11.2. The van der Waals surface area contributed by atoms with Crippen molar-refractivity contribution in [3.8, 4) is 0 Å². The van der Waals surface area contributed by atoms with Crippen molar-refractivity contribution < 1.29 is 24.9 Å². The van der Waals surface area contributed by atoms with E-state index < -0.39 is 36.0 Å². The Morgan fingerprint density at radius 3 is 2.73 bits per heavy atom. The van der Waals surface area contributed by atoms with Crippen LogP contribution in [0.15, 0.2) is 0 Å². The van der Waals surface area contributed by atoms with Crippen molar-refractivity contribution in [2.45, 2.75) is 36.4 Å². The van der Waals surface area contributed by atoms with Gasteiger partial charge in [0.15, 0.2) is 5.60 Å². The van der Waals surface area contributed by atoms with Gasteiger partial charge in [-0.2, -0.15) is 0 Å². The van der Waals surface area contributed by atoms with Gasteiger partial charge in [0.1, 0.15) is 18.3 Å². The molecular weight excluding hydrogens is 270 g/mol. The third-order valence-corrected chi connectivity index (χ3v) is 3.96. The molecule has 0 aromatic carbocycles. The molecule has 1 saturated heterocycles. The lowest BCUT2D eigenvalue weighted by Gasteiger charge is -2.50. The van der Waals surface area contributed by atoms with Gasteiger partial charge < -0.3 is 25.4 Å². The molecule has 1 heterocycles. The van der Waals surface area contributed by atoms with Gasteiger partial charge in [-0.15, -0.1) is 0 Å². The van der Waals surface area contributed by atoms with Crippen LogP contribution in [-0.2, 0) is 4.74 Å². The Morgan fingerprint density at radius 1 is 1.47 bits per heavy atom. The Morgan fingerprint density at radius 2 is 2.13 bits per heavy atom. The monoisotopic (exact) mass is 281 g/mol. The van der Waals surface area contributed by atoms with Gasteiger partial charge in [-0.3, -0.25) is 0 Å². The van der Waals surface area contributed by atoms with Crippen LogP contribution in [0.2, 0.25) is 0 Å². The van der Waals surface area contributed by atoms with Crippen LogP contribution in [0.1, 0.15) is 6.42 Å². The number of ether oxygens (including phenoxy) is 1. The van der Waals surface area contributed by atoms with E-state index in [1.807, 2.05) is 0 Å². The molecule has 7 heteroatoms. The molecule has 2 rings (SSSR count). The van der Waals surface area contributed by atoms with Gasteiger partial charge in [0.05, 0.1) is 6.04 Å². The highest BCUT2D eigenvalue weighted by Crippen LogP contribution is 2.37. The van der Waals surface area contributed by atoms with E-state index in [0.29, 0.717) is 0 Å². The number of aliphatic hydroxyl groups is 3. The summed E-state index contributed by atoms with van der Waals surface area (Å²) >= 11 is 3.15. The maximum atomic E-state index is 11.2. The van der Waals surface area contributed by atoms with Crippen molar-refractivity contribution in [2.24, 2.45) is 0 Å². The maximum absolute atomic E-state index is 11.2. The zero-order valence-electron chi connectivity index (χ0n) is 7.76. The maximum Gasteiger partial charge on any atom is 0.408 e. The third kappa shape index (κ3) is 1.54. The number of fused-ring (bicyclic) bond motifs is 2. The predicted octanol–water partition coefficient (Wildman–Crippen LogP) is -1.29. The fourth-order valence-corrected chi connectivity index (χ4v) is 2.79. The first-order valence-electron chi connectivity index (χ1n) is 4.60. The van der Waals surface area contributed by atoms with E-state index in [4.69, 9.17) is 4.74 Å². The first-order valence-corrected chi connectivity index (χ1v) is 5.72. The quantitative estimate of drug-likeness (QED) is 0.449. The smallest absolute Gasteiger partial charge is 0.408 e. The summed E-state index contributed by atoms with van der Waals surface area (Å²) in [5.41, 5.74) is -1.15. The molecule has 86 valence electrons. The summed E-state index contributed by atoms with van der Waals surface area (Å²) in [6.07, 6.45) is -4.18. The number of carbonyl (C=O) groups is 1. The van der Waals surface area contributed by atoms with Gasteiger partial charge in [0, 0.05) is 11.8 Å². The van der Waals surface area contributed by atoms with Crippen LogP contribution < -0.4 is 5.32 Å². The van der Waals surface area contributed by atoms with Crippen molar-refractivity contribution >= 4 is 22.0 Å². The van der Waals surface area contributed by atoms with Crippen molar-refractivity contribution in [1.82, 2.24) is 5.32 Å². The second kappa shape index (κ2) is 3.58. The molecule has 0 spiro atoms. The highest BCUT2D eigenvalue weighted by atomic mass is 79.9. The number of halogens is 1. The minimum Gasteiger partial charge on any atom is -0.439 e. The molecule has 0 aromatic heterocycles. The molecule has 5 unspecified atom stereocenters. The van der Waals surface area contributed by atoms with Crippen LogP contribution in [0.5, 0.6) is 0 Å². The number of hydrogen-bond acceptors (Lipinski definition) is 5. The van der Waals surface area contributed by atoms with Gasteiger partial charge in [-0.05, 0) is 0 Å². The summed E-state index contributed by atoms with van der Waals surface area (Å²) in [5, 5.41) is 31.6. The Kier molecular flexibility index (Phi) is 2.66. The van der Waals surface area contributed by atoms with Crippen LogP contribution in [-0.4, -0.2) is 56.7 Å². The second-order valence-corrected chi connectivity index (χ2v) is 4.53. The van der Waals surface area contributed by atoms with Crippen LogP contribution in [0, 0.1) is 0 Å². The zero-order valence-corrected chi connectivity index (χ0v) is 9.35. The molecular formula is C8H12BrNO5. The van der Waals surface area contributed by atoms with Crippen molar-refractivity contribution in [1.29, 1.82) is 0 Å². The number of alkyl halides is 1. The molecule has 1 saturated carbocycles. The number of alkyl carbamates (subject to hydrolysis) is 1. The number of amides is 1. The van der Waals surface area contributed by atoms with E-state index in [9.17, 15) is 20.1 Å². The summed E-state index contributed by atoms with van der Waals surface area (Å²) in [5.74, 6) is 0. The summed E-state index contributed by atoms with van der Waals surface area (Å²) in [7, 11) is 0. The summed E-state index contributed by atoms with van der Waals surface area (Å²) in [6, 6.07) is -0.581. The fourth-order valence-electron chi connectivity index (χ4n) is 2.11. The molecule has 0 aromatic rings. The lowest BCUT2D eigenvalue weighted by Crippen LogP contribution is -2.72. The van der Waals surface area contributed by atoms with E-state index in [-0.39, 0.29) is 11.8 Å². The Hall–Kier alpha value is -0.370. The standard InChI is InChI=1S/C8H12BrNO5/c9-2-8-1-3(10-7(14)15-8)4(11)5(12)6(8)13/h3-6,11-13H,1-2H2,(H,10,14). The van der Waals surface area contributed by atoms with Gasteiger partial charge >= 0.3 is 6.09 Å². The summed E-state index contributed by atoms with van der Waals surface area (Å²) in [4.78, 5) is 11.2. The molecule has 2 bridgehead atoms. The van der Waals surface area contributed by atoms with Crippen molar-refractivity contribution in [3.63, 3.8) is 0 Å². The SMILES string of the molecule is O=C1NC2CC(CBr)(O1)C(O)C(O)C2O. The number of carbonyl (C=O) groups excluding carboxylic acids is 1. The van der Waals surface area contributed by atoms with Crippen LogP contribution in [0.25, 0.3) is 0 Å². The van der Waals surface area contributed by atoms with Crippen molar-refractivity contribution in [3.05, 3.63) is 0 Å². The van der Waals surface area contributed by atoms with Crippen molar-refractivity contribution in [2.75, 3.05) is 5.33 Å². The third-order valence-electron chi connectivity index (χ3n) is 3.02. The van der Waals surface area contributed by atoms with E-state index in [2.05, 4.69) is 21.2 Å². The average Bonchev–Trinajstić information content (AvgIpc) is 2.23. The van der Waals surface area contributed by atoms with E-state index in [0.717, 1.165) is 0 Å². The first-order chi connectivity index (χ1) is 7.00. The second-order valence-electron chi connectivity index (χ2n) is 3.97. The van der Waals surface area contributed by atoms with Gasteiger partial charge in [0.25, 0.3) is 0 Å². The van der Waals surface area contributed by atoms with E-state index >= 15 is 0 Å². The molecule has 1 aliphatic heterocycles. The minimum atomic E-state index is -1.32.